The van der Waals surface area contributed by atoms with Crippen LogP contribution in [0.4, 0.5) is 13.2 Å². The second-order valence-corrected chi connectivity index (χ2v) is 6.61. The molecule has 2 N–H and O–H groups in total. The first kappa shape index (κ1) is 21.2. The molecule has 1 aromatic heterocycles. The molecule has 0 saturated carbocycles. The number of carbonyl (C=O) groups is 1. The molecule has 2 heterocycles. The van der Waals surface area contributed by atoms with Crippen LogP contribution >= 0.6 is 12.4 Å². The van der Waals surface area contributed by atoms with Crippen molar-refractivity contribution < 1.29 is 18.0 Å². The summed E-state index contributed by atoms with van der Waals surface area (Å²) in [7, 11) is 1.76. The number of nitrogens with zero attached hydrogens (tertiary/aromatic N) is 2. The quantitative estimate of drug-likeness (QED) is 0.807. The molecule has 27 heavy (non-hydrogen) atoms. The maximum Gasteiger partial charge on any atom is 0.408 e. The number of alkyl halides is 3. The van der Waals surface area contributed by atoms with E-state index >= 15 is 0 Å². The molecule has 1 fully saturated rings. The van der Waals surface area contributed by atoms with Crippen molar-refractivity contribution in [3.8, 4) is 0 Å². The molecular weight excluding hydrogens is 381 g/mol. The molecule has 1 unspecified atom stereocenters. The number of aromatic nitrogens is 2. The molecule has 1 aliphatic rings. The first-order valence-electron chi connectivity index (χ1n) is 8.45. The number of benzene rings is 1. The second kappa shape index (κ2) is 8.75. The van der Waals surface area contributed by atoms with Crippen molar-refractivity contribution in [2.75, 3.05) is 13.1 Å². The highest BCUT2D eigenvalue weighted by atomic mass is 35.5. The summed E-state index contributed by atoms with van der Waals surface area (Å²) in [4.78, 5) is 12.6. The van der Waals surface area contributed by atoms with E-state index in [-0.39, 0.29) is 24.7 Å². The van der Waals surface area contributed by atoms with Crippen LogP contribution in [0.15, 0.2) is 42.7 Å². The molecule has 2 aromatic rings. The van der Waals surface area contributed by atoms with Gasteiger partial charge in [0.25, 0.3) is 0 Å². The van der Waals surface area contributed by atoms with Gasteiger partial charge in [-0.05, 0) is 11.1 Å². The number of carbonyl (C=O) groups excluding carboxylic acids is 1. The summed E-state index contributed by atoms with van der Waals surface area (Å²) in [6.07, 6.45) is -1.35. The Bertz CT molecular complexity index is 751. The number of hydrogen-bond acceptors (Lipinski definition) is 3. The van der Waals surface area contributed by atoms with Crippen LogP contribution in [0, 0.1) is 5.92 Å². The number of halogens is 4. The van der Waals surface area contributed by atoms with Gasteiger partial charge >= 0.3 is 6.18 Å². The highest BCUT2D eigenvalue weighted by molar-refractivity contribution is 5.85. The zero-order chi connectivity index (χ0) is 18.7. The highest BCUT2D eigenvalue weighted by Gasteiger charge is 2.43. The Balaban J connectivity index is 0.00000261. The molecule has 3 atom stereocenters. The lowest BCUT2D eigenvalue weighted by Crippen LogP contribution is -2.49. The minimum absolute atomic E-state index is 0. The van der Waals surface area contributed by atoms with Crippen LogP contribution in [-0.4, -0.2) is 41.0 Å². The van der Waals surface area contributed by atoms with Crippen molar-refractivity contribution in [2.45, 2.75) is 24.6 Å². The number of rotatable bonds is 5. The summed E-state index contributed by atoms with van der Waals surface area (Å²) in [5, 5.41) is 9.40. The third kappa shape index (κ3) is 5.23. The molecule has 0 radical (unpaired) electrons. The van der Waals surface area contributed by atoms with Gasteiger partial charge in [0.1, 0.15) is 6.04 Å². The molecule has 0 bridgehead atoms. The molecule has 1 aromatic carbocycles. The van der Waals surface area contributed by atoms with Gasteiger partial charge in [0.05, 0.1) is 12.1 Å². The van der Waals surface area contributed by atoms with Crippen LogP contribution < -0.4 is 10.6 Å². The van der Waals surface area contributed by atoms with Gasteiger partial charge < -0.3 is 10.6 Å². The molecular formula is C18H22ClF3N4O. The second-order valence-electron chi connectivity index (χ2n) is 6.61. The monoisotopic (exact) mass is 402 g/mol. The Hall–Kier alpha value is -2.06. The van der Waals surface area contributed by atoms with Gasteiger partial charge in [-0.3, -0.25) is 9.48 Å². The fourth-order valence-corrected chi connectivity index (χ4v) is 3.31. The van der Waals surface area contributed by atoms with Crippen molar-refractivity contribution in [1.29, 1.82) is 0 Å². The Kier molecular flexibility index (Phi) is 6.89. The molecule has 0 aliphatic carbocycles. The summed E-state index contributed by atoms with van der Waals surface area (Å²) in [5.41, 5.74) is 1.38. The largest absolute Gasteiger partial charge is 0.408 e. The first-order valence-corrected chi connectivity index (χ1v) is 8.45. The predicted octanol–water partition coefficient (Wildman–Crippen LogP) is 2.43. The number of nitrogens with one attached hydrogen (secondary N) is 2. The van der Waals surface area contributed by atoms with Crippen molar-refractivity contribution in [3.05, 3.63) is 53.9 Å². The molecule has 1 saturated heterocycles. The maximum atomic E-state index is 13.4. The van der Waals surface area contributed by atoms with Crippen molar-refractivity contribution in [3.63, 3.8) is 0 Å². The molecule has 3 rings (SSSR count). The third-order valence-corrected chi connectivity index (χ3v) is 4.70. The van der Waals surface area contributed by atoms with Gasteiger partial charge in [0.2, 0.25) is 5.91 Å². The van der Waals surface area contributed by atoms with Crippen LogP contribution in [0.5, 0.6) is 0 Å². The molecule has 5 nitrogen and oxygen atoms in total. The highest BCUT2D eigenvalue weighted by Crippen LogP contribution is 2.29. The predicted molar refractivity (Wildman–Crippen MR) is 97.7 cm³/mol. The van der Waals surface area contributed by atoms with E-state index in [2.05, 4.69) is 15.7 Å². The lowest BCUT2D eigenvalue weighted by atomic mass is 9.90. The van der Waals surface area contributed by atoms with Crippen LogP contribution in [0.25, 0.3) is 0 Å². The van der Waals surface area contributed by atoms with Crippen molar-refractivity contribution in [1.82, 2.24) is 20.4 Å². The smallest absolute Gasteiger partial charge is 0.344 e. The average molecular weight is 403 g/mol. The van der Waals surface area contributed by atoms with Gasteiger partial charge in [0.15, 0.2) is 0 Å². The van der Waals surface area contributed by atoms with E-state index in [1.807, 2.05) is 0 Å². The van der Waals surface area contributed by atoms with Crippen LogP contribution in [-0.2, 0) is 18.3 Å². The topological polar surface area (TPSA) is 59.0 Å². The van der Waals surface area contributed by atoms with E-state index in [9.17, 15) is 18.0 Å². The minimum Gasteiger partial charge on any atom is -0.344 e. The Labute approximate surface area is 161 Å². The minimum atomic E-state index is -4.51. The van der Waals surface area contributed by atoms with E-state index in [4.69, 9.17) is 0 Å². The fourth-order valence-electron chi connectivity index (χ4n) is 3.31. The zero-order valence-electron chi connectivity index (χ0n) is 14.7. The van der Waals surface area contributed by atoms with E-state index in [0.29, 0.717) is 18.7 Å². The number of aryl methyl sites for hydroxylation is 1. The van der Waals surface area contributed by atoms with Crippen molar-refractivity contribution in [2.24, 2.45) is 13.0 Å². The Morgan fingerprint density at radius 1 is 1.33 bits per heavy atom. The van der Waals surface area contributed by atoms with E-state index in [0.717, 1.165) is 5.56 Å². The van der Waals surface area contributed by atoms with Crippen LogP contribution in [0.1, 0.15) is 17.0 Å². The van der Waals surface area contributed by atoms with Gasteiger partial charge in [-0.2, -0.15) is 18.3 Å². The lowest BCUT2D eigenvalue weighted by Gasteiger charge is -2.25. The first-order chi connectivity index (χ1) is 12.3. The summed E-state index contributed by atoms with van der Waals surface area (Å²) in [6.45, 7) is 0.889. The SMILES string of the molecule is Cl.Cn1cc([C@H]2CNC[C@@H]2C(=O)NC(Cc2ccccc2)C(F)(F)F)cn1. The van der Waals surface area contributed by atoms with Gasteiger partial charge in [-0.25, -0.2) is 0 Å². The summed E-state index contributed by atoms with van der Waals surface area (Å²) in [6, 6.07) is 6.45. The van der Waals surface area contributed by atoms with Gasteiger partial charge in [-0.15, -0.1) is 12.4 Å². The van der Waals surface area contributed by atoms with E-state index < -0.39 is 24.0 Å². The Morgan fingerprint density at radius 2 is 2.04 bits per heavy atom. The van der Waals surface area contributed by atoms with Gasteiger partial charge in [0, 0.05) is 38.7 Å². The average Bonchev–Trinajstić information content (AvgIpc) is 3.23. The molecule has 148 valence electrons. The summed E-state index contributed by atoms with van der Waals surface area (Å²) < 4.78 is 41.9. The van der Waals surface area contributed by atoms with Crippen LogP contribution in [0.3, 0.4) is 0 Å². The fraction of sp³-hybridized carbons (Fsp3) is 0.444. The molecule has 1 aliphatic heterocycles. The molecule has 1 amide bonds. The normalized spacial score (nSPS) is 20.7. The summed E-state index contributed by atoms with van der Waals surface area (Å²) >= 11 is 0. The standard InChI is InChI=1S/C18H21F3N4O.ClH/c1-25-11-13(8-23-25)14-9-22-10-15(14)17(26)24-16(18(19,20)21)7-12-5-3-2-4-6-12;/h2-6,8,11,14-16,22H,7,9-10H2,1H3,(H,24,26);1H/t14-,15+,16?;/m1./s1. The zero-order valence-corrected chi connectivity index (χ0v) is 15.6. The molecule has 0 spiro atoms. The van der Waals surface area contributed by atoms with E-state index in [1.165, 1.54) is 0 Å². The Morgan fingerprint density at radius 3 is 2.63 bits per heavy atom. The number of hydrogen-bond donors (Lipinski definition) is 2. The maximum absolute atomic E-state index is 13.4. The lowest BCUT2D eigenvalue weighted by molar-refractivity contribution is -0.162. The third-order valence-electron chi connectivity index (χ3n) is 4.70. The van der Waals surface area contributed by atoms with Crippen molar-refractivity contribution >= 4 is 18.3 Å². The molecule has 9 heteroatoms. The van der Waals surface area contributed by atoms with Crippen LogP contribution in [0.2, 0.25) is 0 Å². The van der Waals surface area contributed by atoms with E-state index in [1.54, 1.807) is 54.5 Å². The van der Waals surface area contributed by atoms with Gasteiger partial charge in [-0.1, -0.05) is 30.3 Å². The summed E-state index contributed by atoms with van der Waals surface area (Å²) in [5.74, 6) is -1.32. The number of amides is 1.